The van der Waals surface area contributed by atoms with Gasteiger partial charge in [-0.15, -0.1) is 0 Å². The molecule has 1 spiro atoms. The van der Waals surface area contributed by atoms with Crippen molar-refractivity contribution in [2.75, 3.05) is 0 Å². The molecule has 3 heteroatoms. The molecule has 102 valence electrons. The Kier molecular flexibility index (Phi) is 2.88. The van der Waals surface area contributed by atoms with Gasteiger partial charge in [-0.2, -0.15) is 0 Å². The second-order valence-electron chi connectivity index (χ2n) is 6.32. The molecule has 0 aromatic carbocycles. The van der Waals surface area contributed by atoms with Crippen LogP contribution in [0.4, 0.5) is 0 Å². The molecule has 2 aliphatic rings. The Hall–Kier alpha value is -1.38. The maximum Gasteiger partial charge on any atom is 0.253 e. The van der Waals surface area contributed by atoms with Gasteiger partial charge in [0.15, 0.2) is 0 Å². The van der Waals surface area contributed by atoms with Crippen molar-refractivity contribution in [1.82, 2.24) is 10.3 Å². The van der Waals surface area contributed by atoms with E-state index in [9.17, 15) is 4.79 Å². The minimum atomic E-state index is 0.0701. The fraction of sp³-hybridized carbons (Fsp3) is 0.625. The van der Waals surface area contributed by atoms with Crippen LogP contribution in [0.25, 0.3) is 0 Å². The van der Waals surface area contributed by atoms with E-state index in [4.69, 9.17) is 0 Å². The topological polar surface area (TPSA) is 42.0 Å². The first kappa shape index (κ1) is 12.6. The van der Waals surface area contributed by atoms with Gasteiger partial charge in [-0.1, -0.05) is 6.42 Å². The monoisotopic (exact) mass is 258 g/mol. The normalized spacial score (nSPS) is 23.6. The molecule has 1 atom stereocenters. The minimum absolute atomic E-state index is 0.0701. The van der Waals surface area contributed by atoms with E-state index >= 15 is 0 Å². The highest BCUT2D eigenvalue weighted by Gasteiger charge is 2.52. The summed E-state index contributed by atoms with van der Waals surface area (Å²) in [6.07, 6.45) is 6.28. The number of amides is 1. The van der Waals surface area contributed by atoms with Crippen LogP contribution in [0, 0.1) is 26.2 Å². The third-order valence-electron chi connectivity index (χ3n) is 4.86. The van der Waals surface area contributed by atoms with Crippen LogP contribution >= 0.6 is 0 Å². The van der Waals surface area contributed by atoms with E-state index in [1.807, 2.05) is 26.8 Å². The molecule has 3 rings (SSSR count). The van der Waals surface area contributed by atoms with Gasteiger partial charge in [0.05, 0.1) is 11.3 Å². The molecule has 0 bridgehead atoms. The predicted molar refractivity (Wildman–Crippen MR) is 75.2 cm³/mol. The Morgan fingerprint density at radius 1 is 1.32 bits per heavy atom. The summed E-state index contributed by atoms with van der Waals surface area (Å²) in [6, 6.07) is 2.38. The van der Waals surface area contributed by atoms with Crippen molar-refractivity contribution in [3.63, 3.8) is 0 Å². The summed E-state index contributed by atoms with van der Waals surface area (Å²) in [5.74, 6) is 0.0701. The Balaban J connectivity index is 1.81. The third kappa shape index (κ3) is 2.15. The Labute approximate surface area is 114 Å². The van der Waals surface area contributed by atoms with Crippen LogP contribution in [0.5, 0.6) is 0 Å². The molecule has 0 aliphatic heterocycles. The number of aromatic nitrogens is 1. The van der Waals surface area contributed by atoms with Gasteiger partial charge in [0, 0.05) is 11.7 Å². The van der Waals surface area contributed by atoms with Crippen molar-refractivity contribution in [3.8, 4) is 0 Å². The fourth-order valence-corrected chi connectivity index (χ4v) is 3.72. The molecule has 2 saturated carbocycles. The summed E-state index contributed by atoms with van der Waals surface area (Å²) in [6.45, 7) is 5.90. The zero-order valence-electron chi connectivity index (χ0n) is 12.0. The molecule has 1 amide bonds. The van der Waals surface area contributed by atoms with Crippen molar-refractivity contribution in [2.24, 2.45) is 5.41 Å². The molecule has 1 N–H and O–H groups in total. The minimum Gasteiger partial charge on any atom is -0.349 e. The largest absolute Gasteiger partial charge is 0.349 e. The standard InChI is InChI=1S/C16H22N2O/c1-10-9-11(2)17-12(3)14(10)15(19)18-13-5-4-6-16(13)7-8-16/h9,13H,4-8H2,1-3H3,(H,18,19). The van der Waals surface area contributed by atoms with E-state index in [0.29, 0.717) is 11.5 Å². The first-order valence-electron chi connectivity index (χ1n) is 7.27. The lowest BCUT2D eigenvalue weighted by Gasteiger charge is -2.21. The molecule has 1 aromatic heterocycles. The quantitative estimate of drug-likeness (QED) is 0.885. The maximum absolute atomic E-state index is 12.5. The van der Waals surface area contributed by atoms with E-state index in [2.05, 4.69) is 10.3 Å². The lowest BCUT2D eigenvalue weighted by molar-refractivity contribution is 0.0922. The Morgan fingerprint density at radius 2 is 2.05 bits per heavy atom. The molecule has 3 nitrogen and oxygen atoms in total. The number of carbonyl (C=O) groups is 1. The highest BCUT2D eigenvalue weighted by Crippen LogP contribution is 2.57. The third-order valence-corrected chi connectivity index (χ3v) is 4.86. The Bertz CT molecular complexity index is 509. The fourth-order valence-electron chi connectivity index (χ4n) is 3.72. The van der Waals surface area contributed by atoms with Gasteiger partial charge in [0.1, 0.15) is 0 Å². The van der Waals surface area contributed by atoms with Gasteiger partial charge in [0.2, 0.25) is 0 Å². The van der Waals surface area contributed by atoms with Crippen molar-refractivity contribution in [2.45, 2.75) is 58.9 Å². The van der Waals surface area contributed by atoms with Crippen LogP contribution in [-0.2, 0) is 0 Å². The molecule has 2 fully saturated rings. The summed E-state index contributed by atoms with van der Waals surface area (Å²) >= 11 is 0. The van der Waals surface area contributed by atoms with Crippen LogP contribution in [0.3, 0.4) is 0 Å². The smallest absolute Gasteiger partial charge is 0.253 e. The van der Waals surface area contributed by atoms with Gasteiger partial charge in [-0.25, -0.2) is 0 Å². The number of hydrogen-bond donors (Lipinski definition) is 1. The summed E-state index contributed by atoms with van der Waals surface area (Å²) in [5, 5.41) is 3.27. The zero-order chi connectivity index (χ0) is 13.6. The van der Waals surface area contributed by atoms with E-state index < -0.39 is 0 Å². The number of hydrogen-bond acceptors (Lipinski definition) is 2. The molecule has 0 saturated heterocycles. The van der Waals surface area contributed by atoms with Crippen molar-refractivity contribution in [1.29, 1.82) is 0 Å². The molecule has 2 aliphatic carbocycles. The van der Waals surface area contributed by atoms with Gasteiger partial charge in [-0.3, -0.25) is 9.78 Å². The number of nitrogens with zero attached hydrogens (tertiary/aromatic N) is 1. The van der Waals surface area contributed by atoms with Crippen molar-refractivity contribution >= 4 is 5.91 Å². The zero-order valence-corrected chi connectivity index (χ0v) is 12.0. The van der Waals surface area contributed by atoms with Crippen molar-refractivity contribution < 1.29 is 4.79 Å². The molecule has 0 radical (unpaired) electrons. The average Bonchev–Trinajstić information content (AvgIpc) is 2.96. The van der Waals surface area contributed by atoms with E-state index in [1.165, 1.54) is 25.7 Å². The summed E-state index contributed by atoms with van der Waals surface area (Å²) in [7, 11) is 0. The summed E-state index contributed by atoms with van der Waals surface area (Å²) in [4.78, 5) is 16.9. The first-order chi connectivity index (χ1) is 9.02. The van der Waals surface area contributed by atoms with Gasteiger partial charge in [0.25, 0.3) is 5.91 Å². The number of rotatable bonds is 2. The lowest BCUT2D eigenvalue weighted by Crippen LogP contribution is -2.39. The molecule has 1 heterocycles. The second-order valence-corrected chi connectivity index (χ2v) is 6.32. The summed E-state index contributed by atoms with van der Waals surface area (Å²) in [5.41, 5.74) is 4.08. The van der Waals surface area contributed by atoms with Crippen LogP contribution in [-0.4, -0.2) is 16.9 Å². The number of aryl methyl sites for hydroxylation is 3. The lowest BCUT2D eigenvalue weighted by atomic mass is 9.99. The van der Waals surface area contributed by atoms with E-state index in [1.54, 1.807) is 0 Å². The Morgan fingerprint density at radius 3 is 2.68 bits per heavy atom. The highest BCUT2D eigenvalue weighted by atomic mass is 16.1. The van der Waals surface area contributed by atoms with Crippen LogP contribution in [0.1, 0.15) is 59.4 Å². The second kappa shape index (κ2) is 4.32. The van der Waals surface area contributed by atoms with Crippen LogP contribution < -0.4 is 5.32 Å². The highest BCUT2D eigenvalue weighted by molar-refractivity contribution is 5.96. The van der Waals surface area contributed by atoms with Gasteiger partial charge in [-0.05, 0) is 63.5 Å². The van der Waals surface area contributed by atoms with Gasteiger partial charge < -0.3 is 5.32 Å². The SMILES string of the molecule is Cc1cc(C)c(C(=O)NC2CCCC23CC3)c(C)n1. The predicted octanol–water partition coefficient (Wildman–Crippen LogP) is 3.07. The van der Waals surface area contributed by atoms with Crippen molar-refractivity contribution in [3.05, 3.63) is 28.6 Å². The molecule has 1 unspecified atom stereocenters. The first-order valence-corrected chi connectivity index (χ1v) is 7.27. The van der Waals surface area contributed by atoms with E-state index in [-0.39, 0.29) is 5.91 Å². The average molecular weight is 258 g/mol. The van der Waals surface area contributed by atoms with Crippen LogP contribution in [0.2, 0.25) is 0 Å². The summed E-state index contributed by atoms with van der Waals surface area (Å²) < 4.78 is 0. The molecule has 19 heavy (non-hydrogen) atoms. The van der Waals surface area contributed by atoms with Crippen LogP contribution in [0.15, 0.2) is 6.07 Å². The van der Waals surface area contributed by atoms with Gasteiger partial charge >= 0.3 is 0 Å². The van der Waals surface area contributed by atoms with E-state index in [0.717, 1.165) is 28.9 Å². The molecular weight excluding hydrogens is 236 g/mol. The number of pyridine rings is 1. The number of nitrogens with one attached hydrogen (secondary N) is 1. The maximum atomic E-state index is 12.5. The molecular formula is C16H22N2O. The molecule has 1 aromatic rings. The number of carbonyl (C=O) groups excluding carboxylic acids is 1.